The molecule has 0 aromatic carbocycles. The highest BCUT2D eigenvalue weighted by Crippen LogP contribution is 2.26. The van der Waals surface area contributed by atoms with Crippen molar-refractivity contribution in [2.24, 2.45) is 0 Å². The highest BCUT2D eigenvalue weighted by atomic mass is 32.1. The van der Waals surface area contributed by atoms with E-state index < -0.39 is 0 Å². The summed E-state index contributed by atoms with van der Waals surface area (Å²) in [6.07, 6.45) is 2.79. The zero-order chi connectivity index (χ0) is 11.8. The highest BCUT2D eigenvalue weighted by Gasteiger charge is 2.34. The summed E-state index contributed by atoms with van der Waals surface area (Å²) in [6, 6.07) is 1.50. The Labute approximate surface area is 107 Å². The largest absolute Gasteiger partial charge is 0.298 e. The standard InChI is InChI=1S/C13H21N3S/c1-10-6-15-5-3-4-12(15)7-16(10)8-13-11(2)14-9-17-13/h9-10,12H,3-8H2,1-2H3. The molecule has 3 rings (SSSR count). The van der Waals surface area contributed by atoms with Crippen LogP contribution in [0.25, 0.3) is 0 Å². The molecular weight excluding hydrogens is 230 g/mol. The van der Waals surface area contributed by atoms with Crippen molar-refractivity contribution in [3.8, 4) is 0 Å². The Bertz CT molecular complexity index is 390. The molecule has 0 aliphatic carbocycles. The van der Waals surface area contributed by atoms with Gasteiger partial charge in [-0.25, -0.2) is 4.98 Å². The number of piperazine rings is 1. The van der Waals surface area contributed by atoms with Crippen molar-refractivity contribution in [3.05, 3.63) is 16.1 Å². The molecule has 0 bridgehead atoms. The van der Waals surface area contributed by atoms with Gasteiger partial charge in [0, 0.05) is 36.6 Å². The second kappa shape index (κ2) is 4.67. The summed E-state index contributed by atoms with van der Waals surface area (Å²) in [5.41, 5.74) is 3.19. The second-order valence-electron chi connectivity index (χ2n) is 5.43. The van der Waals surface area contributed by atoms with Gasteiger partial charge < -0.3 is 0 Å². The summed E-state index contributed by atoms with van der Waals surface area (Å²) in [7, 11) is 0. The molecule has 2 unspecified atom stereocenters. The van der Waals surface area contributed by atoms with E-state index in [1.807, 2.05) is 5.51 Å². The minimum Gasteiger partial charge on any atom is -0.298 e. The molecule has 3 heterocycles. The summed E-state index contributed by atoms with van der Waals surface area (Å²) < 4.78 is 0. The number of hydrogen-bond donors (Lipinski definition) is 0. The van der Waals surface area contributed by atoms with Crippen molar-refractivity contribution in [2.45, 2.75) is 45.3 Å². The molecule has 94 valence electrons. The Balaban J connectivity index is 1.69. The lowest BCUT2D eigenvalue weighted by atomic mass is 10.1. The molecule has 0 amide bonds. The zero-order valence-corrected chi connectivity index (χ0v) is 11.5. The van der Waals surface area contributed by atoms with E-state index in [0.29, 0.717) is 6.04 Å². The SMILES string of the molecule is Cc1ncsc1CN1CC2CCCN2CC1C. The molecule has 2 fully saturated rings. The molecule has 3 nitrogen and oxygen atoms in total. The van der Waals surface area contributed by atoms with Crippen molar-refractivity contribution in [2.75, 3.05) is 19.6 Å². The normalized spacial score (nSPS) is 30.7. The number of nitrogens with zero attached hydrogens (tertiary/aromatic N) is 3. The van der Waals surface area contributed by atoms with E-state index in [0.717, 1.165) is 12.6 Å². The monoisotopic (exact) mass is 251 g/mol. The third kappa shape index (κ3) is 2.26. The molecule has 0 radical (unpaired) electrons. The van der Waals surface area contributed by atoms with Crippen LogP contribution in [0.5, 0.6) is 0 Å². The number of rotatable bonds is 2. The fourth-order valence-electron chi connectivity index (χ4n) is 3.13. The van der Waals surface area contributed by atoms with Crippen molar-refractivity contribution in [1.29, 1.82) is 0 Å². The van der Waals surface area contributed by atoms with Gasteiger partial charge in [0.25, 0.3) is 0 Å². The molecule has 2 saturated heterocycles. The first-order valence-corrected chi connectivity index (χ1v) is 7.49. The van der Waals surface area contributed by atoms with Crippen molar-refractivity contribution in [1.82, 2.24) is 14.8 Å². The molecule has 17 heavy (non-hydrogen) atoms. The van der Waals surface area contributed by atoms with Gasteiger partial charge in [-0.3, -0.25) is 9.80 Å². The van der Waals surface area contributed by atoms with Crippen molar-refractivity contribution >= 4 is 11.3 Å². The third-order valence-corrected chi connectivity index (χ3v) is 5.18. The predicted molar refractivity (Wildman–Crippen MR) is 71.3 cm³/mol. The molecule has 2 atom stereocenters. The third-order valence-electron chi connectivity index (χ3n) is 4.26. The maximum atomic E-state index is 4.36. The van der Waals surface area contributed by atoms with E-state index in [9.17, 15) is 0 Å². The highest BCUT2D eigenvalue weighted by molar-refractivity contribution is 7.09. The lowest BCUT2D eigenvalue weighted by molar-refractivity contribution is 0.0546. The summed E-state index contributed by atoms with van der Waals surface area (Å²) in [5.74, 6) is 0. The maximum absolute atomic E-state index is 4.36. The number of thiazole rings is 1. The first kappa shape index (κ1) is 11.6. The Morgan fingerprint density at radius 1 is 1.47 bits per heavy atom. The summed E-state index contributed by atoms with van der Waals surface area (Å²) in [5, 5.41) is 0. The van der Waals surface area contributed by atoms with E-state index in [1.165, 1.54) is 43.0 Å². The quantitative estimate of drug-likeness (QED) is 0.802. The van der Waals surface area contributed by atoms with Gasteiger partial charge in [0.1, 0.15) is 0 Å². The van der Waals surface area contributed by atoms with Crippen LogP contribution in [-0.2, 0) is 6.54 Å². The van der Waals surface area contributed by atoms with Gasteiger partial charge >= 0.3 is 0 Å². The number of aromatic nitrogens is 1. The van der Waals surface area contributed by atoms with Gasteiger partial charge in [0.15, 0.2) is 0 Å². The molecular formula is C13H21N3S. The summed E-state index contributed by atoms with van der Waals surface area (Å²) in [6.45, 7) is 9.42. The Hall–Kier alpha value is -0.450. The number of hydrogen-bond acceptors (Lipinski definition) is 4. The fraction of sp³-hybridized carbons (Fsp3) is 0.769. The van der Waals surface area contributed by atoms with E-state index in [4.69, 9.17) is 0 Å². The van der Waals surface area contributed by atoms with Gasteiger partial charge in [-0.2, -0.15) is 0 Å². The summed E-state index contributed by atoms with van der Waals surface area (Å²) >= 11 is 1.80. The Morgan fingerprint density at radius 2 is 2.35 bits per heavy atom. The zero-order valence-electron chi connectivity index (χ0n) is 10.7. The first-order valence-electron chi connectivity index (χ1n) is 6.61. The lowest BCUT2D eigenvalue weighted by Gasteiger charge is -2.42. The minimum atomic E-state index is 0.686. The molecule has 0 spiro atoms. The smallest absolute Gasteiger partial charge is 0.0798 e. The predicted octanol–water partition coefficient (Wildman–Crippen LogP) is 2.12. The van der Waals surface area contributed by atoms with E-state index >= 15 is 0 Å². The fourth-order valence-corrected chi connectivity index (χ4v) is 3.93. The van der Waals surface area contributed by atoms with E-state index in [1.54, 1.807) is 11.3 Å². The van der Waals surface area contributed by atoms with Crippen molar-refractivity contribution in [3.63, 3.8) is 0 Å². The molecule has 0 N–H and O–H groups in total. The van der Waals surface area contributed by atoms with Crippen LogP contribution in [0.4, 0.5) is 0 Å². The molecule has 1 aromatic heterocycles. The van der Waals surface area contributed by atoms with Crippen LogP contribution in [0, 0.1) is 6.92 Å². The summed E-state index contributed by atoms with van der Waals surface area (Å²) in [4.78, 5) is 11.1. The van der Waals surface area contributed by atoms with Gasteiger partial charge in [-0.1, -0.05) is 0 Å². The minimum absolute atomic E-state index is 0.686. The topological polar surface area (TPSA) is 19.4 Å². The Kier molecular flexibility index (Phi) is 3.19. The Morgan fingerprint density at radius 3 is 3.12 bits per heavy atom. The van der Waals surface area contributed by atoms with Crippen LogP contribution in [-0.4, -0.2) is 46.5 Å². The molecule has 4 heteroatoms. The van der Waals surface area contributed by atoms with Crippen LogP contribution in [0.3, 0.4) is 0 Å². The maximum Gasteiger partial charge on any atom is 0.0798 e. The average Bonchev–Trinajstić information content (AvgIpc) is 2.89. The average molecular weight is 251 g/mol. The number of aryl methyl sites for hydroxylation is 1. The van der Waals surface area contributed by atoms with Gasteiger partial charge in [0.2, 0.25) is 0 Å². The molecule has 0 saturated carbocycles. The van der Waals surface area contributed by atoms with Crippen LogP contribution in [0.1, 0.15) is 30.3 Å². The lowest BCUT2D eigenvalue weighted by Crippen LogP contribution is -2.54. The van der Waals surface area contributed by atoms with Crippen LogP contribution in [0.2, 0.25) is 0 Å². The van der Waals surface area contributed by atoms with Crippen LogP contribution >= 0.6 is 11.3 Å². The van der Waals surface area contributed by atoms with E-state index in [2.05, 4.69) is 28.6 Å². The van der Waals surface area contributed by atoms with E-state index in [-0.39, 0.29) is 0 Å². The van der Waals surface area contributed by atoms with Crippen molar-refractivity contribution < 1.29 is 0 Å². The van der Waals surface area contributed by atoms with Crippen LogP contribution in [0.15, 0.2) is 5.51 Å². The molecule has 2 aliphatic heterocycles. The molecule has 2 aliphatic rings. The first-order chi connectivity index (χ1) is 8.24. The van der Waals surface area contributed by atoms with Gasteiger partial charge in [-0.05, 0) is 33.2 Å². The second-order valence-corrected chi connectivity index (χ2v) is 6.37. The molecule has 1 aromatic rings. The van der Waals surface area contributed by atoms with Crippen LogP contribution < -0.4 is 0 Å². The number of fused-ring (bicyclic) bond motifs is 1. The van der Waals surface area contributed by atoms with Gasteiger partial charge in [-0.15, -0.1) is 11.3 Å². The van der Waals surface area contributed by atoms with Gasteiger partial charge in [0.05, 0.1) is 11.2 Å².